The van der Waals surface area contributed by atoms with Gasteiger partial charge >= 0.3 is 0 Å². The number of aromatic nitrogens is 1. The van der Waals surface area contributed by atoms with Crippen LogP contribution < -0.4 is 11.3 Å². The van der Waals surface area contributed by atoms with Crippen molar-refractivity contribution >= 4 is 15.7 Å². The normalized spacial score (nSPS) is 18.1. The van der Waals surface area contributed by atoms with Gasteiger partial charge < -0.3 is 10.3 Å². The van der Waals surface area contributed by atoms with Gasteiger partial charge in [0.25, 0.3) is 10.0 Å². The first-order chi connectivity index (χ1) is 9.95. The zero-order valence-electron chi connectivity index (χ0n) is 12.5. The smallest absolute Gasteiger partial charge is 0.262 e. The van der Waals surface area contributed by atoms with Gasteiger partial charge in [-0.25, -0.2) is 13.4 Å². The maximum Gasteiger partial charge on any atom is 0.262 e. The third-order valence-electron chi connectivity index (χ3n) is 3.71. The molecule has 118 valence electrons. The van der Waals surface area contributed by atoms with E-state index in [4.69, 9.17) is 5.84 Å². The third kappa shape index (κ3) is 3.70. The molecule has 0 amide bonds. The Labute approximate surface area is 126 Å². The van der Waals surface area contributed by atoms with Crippen LogP contribution in [-0.2, 0) is 10.0 Å². The molecule has 0 unspecified atom stereocenters. The van der Waals surface area contributed by atoms with Crippen molar-refractivity contribution < 1.29 is 8.42 Å². The fourth-order valence-corrected chi connectivity index (χ4v) is 4.21. The Bertz CT molecular complexity index is 568. The van der Waals surface area contributed by atoms with E-state index in [1.54, 1.807) is 12.1 Å². The van der Waals surface area contributed by atoms with Crippen LogP contribution in [0.15, 0.2) is 23.4 Å². The minimum Gasteiger partial charge on any atom is -0.321 e. The summed E-state index contributed by atoms with van der Waals surface area (Å²) in [5.41, 5.74) is 2.73. The number of nitrogens with two attached hydrogens (primary N) is 1. The van der Waals surface area contributed by atoms with Gasteiger partial charge in [-0.15, -0.1) is 0 Å². The molecule has 1 aromatic rings. The molecular weight excluding hydrogens is 290 g/mol. The molecule has 1 aliphatic rings. The summed E-state index contributed by atoms with van der Waals surface area (Å²) in [6, 6.07) is 3.26. The lowest BCUT2D eigenvalue weighted by Gasteiger charge is -2.32. The van der Waals surface area contributed by atoms with E-state index in [-0.39, 0.29) is 5.03 Å². The van der Waals surface area contributed by atoms with Crippen LogP contribution in [-0.4, -0.2) is 56.3 Å². The molecule has 7 nitrogen and oxygen atoms in total. The lowest BCUT2D eigenvalue weighted by molar-refractivity contribution is 0.224. The second kappa shape index (κ2) is 6.69. The fourth-order valence-electron chi connectivity index (χ4n) is 2.68. The number of pyridine rings is 1. The van der Waals surface area contributed by atoms with Gasteiger partial charge in [0, 0.05) is 25.8 Å². The molecule has 0 spiro atoms. The van der Waals surface area contributed by atoms with Crippen LogP contribution in [0.3, 0.4) is 0 Å². The molecule has 1 aromatic heterocycles. The highest BCUT2D eigenvalue weighted by Crippen LogP contribution is 2.26. The third-order valence-corrected chi connectivity index (χ3v) is 5.57. The van der Waals surface area contributed by atoms with Crippen LogP contribution in [0.5, 0.6) is 0 Å². The van der Waals surface area contributed by atoms with E-state index in [0.29, 0.717) is 24.7 Å². The van der Waals surface area contributed by atoms with Crippen molar-refractivity contribution in [2.75, 3.05) is 39.2 Å². The summed E-state index contributed by atoms with van der Waals surface area (Å²) in [5.74, 6) is 5.92. The highest BCUT2D eigenvalue weighted by molar-refractivity contribution is 7.89. The van der Waals surface area contributed by atoms with Crippen LogP contribution in [0.1, 0.15) is 12.8 Å². The van der Waals surface area contributed by atoms with E-state index < -0.39 is 10.0 Å². The lowest BCUT2D eigenvalue weighted by atomic mass is 9.98. The fraction of sp³-hybridized carbons (Fsp3) is 0.615. The Morgan fingerprint density at radius 3 is 2.67 bits per heavy atom. The van der Waals surface area contributed by atoms with E-state index >= 15 is 0 Å². The van der Waals surface area contributed by atoms with Crippen LogP contribution in [0, 0.1) is 5.92 Å². The van der Waals surface area contributed by atoms with Gasteiger partial charge in [-0.3, -0.25) is 5.84 Å². The first-order valence-corrected chi connectivity index (χ1v) is 8.45. The molecule has 3 N–H and O–H groups in total. The summed E-state index contributed by atoms with van der Waals surface area (Å²) in [4.78, 5) is 6.13. The van der Waals surface area contributed by atoms with Crippen LogP contribution in [0.25, 0.3) is 0 Å². The number of nitrogens with zero attached hydrogens (tertiary/aromatic N) is 3. The molecule has 0 radical (unpaired) electrons. The van der Waals surface area contributed by atoms with Gasteiger partial charge in [0.1, 0.15) is 0 Å². The van der Waals surface area contributed by atoms with Crippen molar-refractivity contribution in [2.24, 2.45) is 11.8 Å². The maximum atomic E-state index is 12.7. The molecule has 1 aliphatic heterocycles. The van der Waals surface area contributed by atoms with Gasteiger partial charge in [-0.2, -0.15) is 4.31 Å². The molecule has 0 atom stereocenters. The predicted molar refractivity (Wildman–Crippen MR) is 82.1 cm³/mol. The van der Waals surface area contributed by atoms with Crippen LogP contribution in [0.2, 0.25) is 0 Å². The number of piperidine rings is 1. The Morgan fingerprint density at radius 1 is 1.43 bits per heavy atom. The highest BCUT2D eigenvalue weighted by Gasteiger charge is 2.32. The van der Waals surface area contributed by atoms with E-state index in [9.17, 15) is 8.42 Å². The highest BCUT2D eigenvalue weighted by atomic mass is 32.2. The molecule has 21 heavy (non-hydrogen) atoms. The van der Waals surface area contributed by atoms with Gasteiger partial charge in [0.2, 0.25) is 0 Å². The van der Waals surface area contributed by atoms with Crippen molar-refractivity contribution in [1.29, 1.82) is 0 Å². The summed E-state index contributed by atoms with van der Waals surface area (Å²) in [7, 11) is 0.485. The summed E-state index contributed by atoms with van der Waals surface area (Å²) < 4.78 is 26.8. The number of anilines is 1. The van der Waals surface area contributed by atoms with Gasteiger partial charge in [0.15, 0.2) is 5.03 Å². The number of hydrogen-bond acceptors (Lipinski definition) is 6. The Morgan fingerprint density at radius 2 is 2.10 bits per heavy atom. The zero-order valence-corrected chi connectivity index (χ0v) is 13.3. The molecule has 2 rings (SSSR count). The minimum atomic E-state index is -3.59. The molecule has 1 saturated heterocycles. The van der Waals surface area contributed by atoms with Crippen molar-refractivity contribution in [2.45, 2.75) is 17.9 Å². The maximum absolute atomic E-state index is 12.7. The second-order valence-electron chi connectivity index (χ2n) is 5.61. The minimum absolute atomic E-state index is 0.00133. The SMILES string of the molecule is CN(C)CC1CCN(S(=O)(=O)c2ncccc2NN)CC1. The predicted octanol–water partition coefficient (Wildman–Crippen LogP) is 0.330. The topological polar surface area (TPSA) is 91.6 Å². The van der Waals surface area contributed by atoms with Crippen molar-refractivity contribution in [3.8, 4) is 0 Å². The molecule has 1 fully saturated rings. The van der Waals surface area contributed by atoms with Crippen molar-refractivity contribution in [3.05, 3.63) is 18.3 Å². The number of hydrazine groups is 1. The van der Waals surface area contributed by atoms with Crippen LogP contribution >= 0.6 is 0 Å². The summed E-state index contributed by atoms with van der Waals surface area (Å²) in [5, 5.41) is -0.00133. The number of sulfonamides is 1. The molecular formula is C13H23N5O2S. The van der Waals surface area contributed by atoms with E-state index in [2.05, 4.69) is 15.3 Å². The monoisotopic (exact) mass is 313 g/mol. The summed E-state index contributed by atoms with van der Waals surface area (Å²) in [6.45, 7) is 2.05. The van der Waals surface area contributed by atoms with Gasteiger partial charge in [-0.1, -0.05) is 0 Å². The van der Waals surface area contributed by atoms with Gasteiger partial charge in [0.05, 0.1) is 5.69 Å². The van der Waals surface area contributed by atoms with Gasteiger partial charge in [-0.05, 0) is 45.0 Å². The molecule has 8 heteroatoms. The van der Waals surface area contributed by atoms with Crippen molar-refractivity contribution in [1.82, 2.24) is 14.2 Å². The standard InChI is InChI=1S/C13H23N5O2S/c1-17(2)10-11-5-8-18(9-6-11)21(19,20)13-12(16-14)4-3-7-15-13/h3-4,7,11,16H,5-6,8-10,14H2,1-2H3. The lowest BCUT2D eigenvalue weighted by Crippen LogP contribution is -2.41. The second-order valence-corrected chi connectivity index (χ2v) is 7.46. The Balaban J connectivity index is 2.11. The van der Waals surface area contributed by atoms with E-state index in [0.717, 1.165) is 19.4 Å². The van der Waals surface area contributed by atoms with Crippen LogP contribution in [0.4, 0.5) is 5.69 Å². The number of nitrogens with one attached hydrogen (secondary N) is 1. The molecule has 0 aromatic carbocycles. The molecule has 0 bridgehead atoms. The van der Waals surface area contributed by atoms with E-state index in [1.807, 2.05) is 14.1 Å². The number of nitrogen functional groups attached to an aromatic ring is 1. The average molecular weight is 313 g/mol. The number of hydrogen-bond donors (Lipinski definition) is 2. The van der Waals surface area contributed by atoms with E-state index in [1.165, 1.54) is 10.5 Å². The zero-order chi connectivity index (χ0) is 15.5. The first-order valence-electron chi connectivity index (χ1n) is 7.01. The Hall–Kier alpha value is -1.22. The van der Waals surface area contributed by atoms with Crippen molar-refractivity contribution in [3.63, 3.8) is 0 Å². The average Bonchev–Trinajstić information content (AvgIpc) is 2.47. The number of rotatable bonds is 5. The largest absolute Gasteiger partial charge is 0.321 e. The molecule has 0 aliphatic carbocycles. The Kier molecular flexibility index (Phi) is 5.15. The quantitative estimate of drug-likeness (QED) is 0.601. The molecule has 2 heterocycles. The first kappa shape index (κ1) is 16.2. The summed E-state index contributed by atoms with van der Waals surface area (Å²) >= 11 is 0. The summed E-state index contributed by atoms with van der Waals surface area (Å²) in [6.07, 6.45) is 3.21. The molecule has 0 saturated carbocycles.